The zero-order chi connectivity index (χ0) is 24.7. The number of benzene rings is 2. The number of nitrogens with one attached hydrogen (secondary N) is 1. The normalized spacial score (nSPS) is 13.2. The summed E-state index contributed by atoms with van der Waals surface area (Å²) < 4.78 is 17.3. The van der Waals surface area contributed by atoms with Crippen LogP contribution in [0, 0.1) is 0 Å². The van der Waals surface area contributed by atoms with Crippen LogP contribution in [0.5, 0.6) is 0 Å². The van der Waals surface area contributed by atoms with Crippen LogP contribution in [0.4, 0.5) is 4.79 Å². The van der Waals surface area contributed by atoms with Gasteiger partial charge in [0.1, 0.15) is 11.7 Å². The maximum atomic E-state index is 12.8. The van der Waals surface area contributed by atoms with Crippen molar-refractivity contribution in [1.82, 2.24) is 5.32 Å². The highest BCUT2D eigenvalue weighted by atomic mass is 28.4. The summed E-state index contributed by atoms with van der Waals surface area (Å²) in [4.78, 5) is 24.9. The van der Waals surface area contributed by atoms with E-state index in [2.05, 4.69) is 50.4 Å². The van der Waals surface area contributed by atoms with Gasteiger partial charge in [-0.2, -0.15) is 0 Å². The van der Waals surface area contributed by atoms with Gasteiger partial charge in [0.15, 0.2) is 0 Å². The molecule has 180 valence electrons. The van der Waals surface area contributed by atoms with Crippen molar-refractivity contribution >= 4 is 30.8 Å². The second-order valence-electron chi connectivity index (χ2n) is 10.0. The van der Waals surface area contributed by atoms with Crippen LogP contribution in [0.15, 0.2) is 60.7 Å². The van der Waals surface area contributed by atoms with E-state index >= 15 is 0 Å². The number of alkyl carbamates (subject to hydrolysis) is 1. The molecule has 0 aromatic heterocycles. The molecule has 2 aromatic carbocycles. The Morgan fingerprint density at radius 1 is 0.879 bits per heavy atom. The first-order valence-electron chi connectivity index (χ1n) is 11.2. The Morgan fingerprint density at radius 2 is 1.36 bits per heavy atom. The van der Waals surface area contributed by atoms with Crippen LogP contribution in [0.1, 0.15) is 48.0 Å². The van der Waals surface area contributed by atoms with E-state index in [1.54, 1.807) is 20.8 Å². The summed E-state index contributed by atoms with van der Waals surface area (Å²) in [6.07, 6.45) is -1.12. The van der Waals surface area contributed by atoms with Gasteiger partial charge in [-0.25, -0.2) is 9.59 Å². The van der Waals surface area contributed by atoms with Crippen LogP contribution >= 0.6 is 0 Å². The van der Waals surface area contributed by atoms with Crippen molar-refractivity contribution in [1.29, 1.82) is 0 Å². The van der Waals surface area contributed by atoms with Gasteiger partial charge in [-0.1, -0.05) is 81.4 Å². The maximum Gasteiger partial charge on any atom is 0.407 e. The summed E-state index contributed by atoms with van der Waals surface area (Å²) in [5, 5.41) is 4.56. The Kier molecular flexibility index (Phi) is 8.86. The fourth-order valence-electron chi connectivity index (χ4n) is 3.88. The quantitative estimate of drug-likeness (QED) is 0.465. The first kappa shape index (κ1) is 26.6. The molecule has 0 aliphatic carbocycles. The van der Waals surface area contributed by atoms with Crippen molar-refractivity contribution < 1.29 is 23.5 Å². The molecule has 0 heterocycles. The minimum atomic E-state index is -2.95. The highest BCUT2D eigenvalue weighted by Gasteiger charge is 2.52. The van der Waals surface area contributed by atoms with E-state index in [1.165, 1.54) is 7.11 Å². The summed E-state index contributed by atoms with van der Waals surface area (Å²) >= 11 is 0. The zero-order valence-electron chi connectivity index (χ0n) is 20.8. The van der Waals surface area contributed by atoms with E-state index in [0.717, 1.165) is 10.4 Å². The van der Waals surface area contributed by atoms with E-state index in [0.29, 0.717) is 0 Å². The fraction of sp³-hybridized carbons (Fsp3) is 0.462. The third-order valence-electron chi connectivity index (χ3n) is 5.27. The van der Waals surface area contributed by atoms with Crippen LogP contribution in [0.2, 0.25) is 5.04 Å². The molecule has 0 aliphatic heterocycles. The minimum Gasteiger partial charge on any atom is -0.467 e. The molecule has 2 rings (SSSR count). The second-order valence-corrected chi connectivity index (χ2v) is 14.3. The van der Waals surface area contributed by atoms with E-state index < -0.39 is 32.1 Å². The molecule has 1 amide bonds. The molecule has 0 aliphatic rings. The molecule has 2 aromatic rings. The van der Waals surface area contributed by atoms with Crippen molar-refractivity contribution in [2.45, 2.75) is 64.7 Å². The largest absolute Gasteiger partial charge is 0.467 e. The van der Waals surface area contributed by atoms with Crippen LogP contribution < -0.4 is 15.7 Å². The molecule has 0 saturated heterocycles. The average molecular weight is 472 g/mol. The number of ether oxygens (including phenoxy) is 2. The highest BCUT2D eigenvalue weighted by molar-refractivity contribution is 6.99. The van der Waals surface area contributed by atoms with Gasteiger partial charge in [-0.3, -0.25) is 0 Å². The Bertz CT molecular complexity index is 864. The third kappa shape index (κ3) is 6.92. The van der Waals surface area contributed by atoms with Crippen LogP contribution in [-0.2, 0) is 18.7 Å². The van der Waals surface area contributed by atoms with Crippen LogP contribution in [0.3, 0.4) is 0 Å². The van der Waals surface area contributed by atoms with Gasteiger partial charge in [-0.05, 0) is 36.2 Å². The second kappa shape index (κ2) is 11.0. The number of hydrogen-bond donors (Lipinski definition) is 1. The van der Waals surface area contributed by atoms with Gasteiger partial charge in [-0.15, -0.1) is 0 Å². The molecule has 0 fully saturated rings. The lowest BCUT2D eigenvalue weighted by Gasteiger charge is -2.44. The molecule has 0 spiro atoms. The van der Waals surface area contributed by atoms with Gasteiger partial charge < -0.3 is 19.2 Å². The fourth-order valence-corrected chi connectivity index (χ4v) is 8.54. The number of rotatable bonds is 8. The van der Waals surface area contributed by atoms with Crippen molar-refractivity contribution in [2.75, 3.05) is 13.7 Å². The standard InChI is InChI=1S/C26H37NO5Si/c1-25(2,3)31-24(29)27-19-18-22(23(28)30-7)32-33(26(4,5)6,20-14-10-8-11-15-20)21-16-12-9-13-17-21/h8-17,22H,18-19H2,1-7H3,(H,27,29). The number of hydrogen-bond acceptors (Lipinski definition) is 5. The smallest absolute Gasteiger partial charge is 0.407 e. The number of esters is 1. The topological polar surface area (TPSA) is 73.9 Å². The molecule has 6 nitrogen and oxygen atoms in total. The molecular weight excluding hydrogens is 434 g/mol. The zero-order valence-corrected chi connectivity index (χ0v) is 21.8. The first-order chi connectivity index (χ1) is 15.4. The van der Waals surface area contributed by atoms with Crippen LogP contribution in [-0.4, -0.2) is 45.7 Å². The van der Waals surface area contributed by atoms with Gasteiger partial charge in [0.25, 0.3) is 8.32 Å². The monoisotopic (exact) mass is 471 g/mol. The van der Waals surface area contributed by atoms with Gasteiger partial charge >= 0.3 is 12.1 Å². The Hall–Kier alpha value is -2.64. The van der Waals surface area contributed by atoms with Crippen molar-refractivity contribution in [2.24, 2.45) is 0 Å². The lowest BCUT2D eigenvalue weighted by Crippen LogP contribution is -2.68. The lowest BCUT2D eigenvalue weighted by atomic mass is 10.2. The SMILES string of the molecule is COC(=O)C(CCNC(=O)OC(C)(C)C)O[Si](c1ccccc1)(c1ccccc1)C(C)(C)C. The summed E-state index contributed by atoms with van der Waals surface area (Å²) in [6, 6.07) is 20.2. The summed E-state index contributed by atoms with van der Waals surface area (Å²) in [7, 11) is -1.60. The minimum absolute atomic E-state index is 0.215. The summed E-state index contributed by atoms with van der Waals surface area (Å²) in [5.74, 6) is -0.464. The number of carbonyl (C=O) groups excluding carboxylic acids is 2. The van der Waals surface area contributed by atoms with Crippen LogP contribution in [0.25, 0.3) is 0 Å². The number of methoxy groups -OCH3 is 1. The van der Waals surface area contributed by atoms with E-state index in [9.17, 15) is 9.59 Å². The highest BCUT2D eigenvalue weighted by Crippen LogP contribution is 2.37. The molecule has 0 saturated carbocycles. The molecule has 1 unspecified atom stereocenters. The van der Waals surface area contributed by atoms with Crippen molar-refractivity contribution in [3.8, 4) is 0 Å². The van der Waals surface area contributed by atoms with E-state index in [4.69, 9.17) is 13.9 Å². The molecular formula is C26H37NO5Si. The maximum absolute atomic E-state index is 12.8. The molecule has 7 heteroatoms. The first-order valence-corrected chi connectivity index (χ1v) is 13.1. The third-order valence-corrected chi connectivity index (χ3v) is 10.3. The van der Waals surface area contributed by atoms with E-state index in [-0.39, 0.29) is 18.0 Å². The Balaban J connectivity index is 2.42. The van der Waals surface area contributed by atoms with Gasteiger partial charge in [0, 0.05) is 13.0 Å². The average Bonchev–Trinajstić information content (AvgIpc) is 2.74. The number of carbonyl (C=O) groups is 2. The Morgan fingerprint density at radius 3 is 1.76 bits per heavy atom. The molecule has 33 heavy (non-hydrogen) atoms. The van der Waals surface area contributed by atoms with Gasteiger partial charge in [0.2, 0.25) is 0 Å². The van der Waals surface area contributed by atoms with E-state index in [1.807, 2.05) is 36.4 Å². The lowest BCUT2D eigenvalue weighted by molar-refractivity contribution is -0.149. The molecule has 0 bridgehead atoms. The van der Waals surface area contributed by atoms with Crippen molar-refractivity contribution in [3.05, 3.63) is 60.7 Å². The Labute approximate surface area is 198 Å². The molecule has 1 N–H and O–H groups in total. The molecule has 0 radical (unpaired) electrons. The predicted octanol–water partition coefficient (Wildman–Crippen LogP) is 4.02. The summed E-state index contributed by atoms with van der Waals surface area (Å²) in [6.45, 7) is 12.1. The number of amides is 1. The van der Waals surface area contributed by atoms with Gasteiger partial charge in [0.05, 0.1) is 7.11 Å². The molecule has 1 atom stereocenters. The van der Waals surface area contributed by atoms with Crippen molar-refractivity contribution in [3.63, 3.8) is 0 Å². The predicted molar refractivity (Wildman–Crippen MR) is 133 cm³/mol. The summed E-state index contributed by atoms with van der Waals surface area (Å²) in [5.41, 5.74) is -0.600.